The zero-order chi connectivity index (χ0) is 16.4. The second-order valence-electron chi connectivity index (χ2n) is 5.89. The Labute approximate surface area is 134 Å². The number of nitrogens with zero attached hydrogens (tertiary/aromatic N) is 1. The molecule has 120 valence electrons. The minimum atomic E-state index is -1.07. The van der Waals surface area contributed by atoms with E-state index in [1.807, 2.05) is 24.3 Å². The summed E-state index contributed by atoms with van der Waals surface area (Å²) < 4.78 is 5.81. The molecule has 0 spiro atoms. The molecule has 1 atom stereocenters. The van der Waals surface area contributed by atoms with Gasteiger partial charge in [0, 0.05) is 29.1 Å². The van der Waals surface area contributed by atoms with E-state index in [4.69, 9.17) is 4.42 Å². The van der Waals surface area contributed by atoms with Crippen molar-refractivity contribution in [3.63, 3.8) is 0 Å². The third-order valence-corrected chi connectivity index (χ3v) is 4.26. The molecule has 0 radical (unpaired) electrons. The summed E-state index contributed by atoms with van der Waals surface area (Å²) in [6.07, 6.45) is 4.44. The van der Waals surface area contributed by atoms with Crippen LogP contribution in [0.1, 0.15) is 43.1 Å². The van der Waals surface area contributed by atoms with Crippen LogP contribution >= 0.6 is 0 Å². The topological polar surface area (TPSA) is 79.1 Å². The van der Waals surface area contributed by atoms with Gasteiger partial charge in [-0.15, -0.1) is 0 Å². The number of oxazole rings is 1. The van der Waals surface area contributed by atoms with Crippen LogP contribution in [0, 0.1) is 5.92 Å². The lowest BCUT2D eigenvalue weighted by Gasteiger charge is -2.04. The van der Waals surface area contributed by atoms with E-state index in [1.165, 1.54) is 0 Å². The number of H-pyrrole nitrogens is 1. The molecule has 5 nitrogen and oxygen atoms in total. The van der Waals surface area contributed by atoms with Crippen LogP contribution in [0.3, 0.4) is 0 Å². The standard InChI is InChI=1S/C18H20N2O3/c1-3-11(2)8-9-15-20-16(18(21)22)17(23-15)13-10-19-14-7-5-4-6-12(13)14/h4-7,10-11,19H,3,8-9H2,1-2H3,(H,21,22)/t11-/m0/s1. The van der Waals surface area contributed by atoms with Gasteiger partial charge in [0.15, 0.2) is 17.3 Å². The van der Waals surface area contributed by atoms with Gasteiger partial charge >= 0.3 is 5.97 Å². The monoisotopic (exact) mass is 312 g/mol. The van der Waals surface area contributed by atoms with Crippen molar-refractivity contribution in [2.45, 2.75) is 33.1 Å². The summed E-state index contributed by atoms with van der Waals surface area (Å²) in [5, 5.41) is 10.4. The number of aromatic nitrogens is 2. The van der Waals surface area contributed by atoms with Crippen LogP contribution in [0.15, 0.2) is 34.9 Å². The average molecular weight is 312 g/mol. The number of aromatic amines is 1. The molecule has 0 amide bonds. The van der Waals surface area contributed by atoms with Crippen LogP contribution in [0.4, 0.5) is 0 Å². The molecule has 0 aliphatic rings. The molecule has 1 aromatic carbocycles. The van der Waals surface area contributed by atoms with Crippen molar-refractivity contribution in [2.24, 2.45) is 5.92 Å². The number of nitrogens with one attached hydrogen (secondary N) is 1. The van der Waals surface area contributed by atoms with E-state index < -0.39 is 5.97 Å². The number of carboxylic acids is 1. The largest absolute Gasteiger partial charge is 0.476 e. The predicted octanol–water partition coefficient (Wildman–Crippen LogP) is 4.50. The predicted molar refractivity (Wildman–Crippen MR) is 88.5 cm³/mol. The number of para-hydroxylation sites is 1. The van der Waals surface area contributed by atoms with Crippen LogP contribution in [0.5, 0.6) is 0 Å². The number of hydrogen-bond donors (Lipinski definition) is 2. The molecular formula is C18H20N2O3. The zero-order valence-corrected chi connectivity index (χ0v) is 13.3. The zero-order valence-electron chi connectivity index (χ0n) is 13.3. The summed E-state index contributed by atoms with van der Waals surface area (Å²) in [4.78, 5) is 18.9. The summed E-state index contributed by atoms with van der Waals surface area (Å²) in [5.74, 6) is 0.313. The number of aryl methyl sites for hydroxylation is 1. The molecule has 0 aliphatic carbocycles. The highest BCUT2D eigenvalue weighted by atomic mass is 16.4. The average Bonchev–Trinajstić information content (AvgIpc) is 3.16. The van der Waals surface area contributed by atoms with Crippen molar-refractivity contribution in [2.75, 3.05) is 0 Å². The van der Waals surface area contributed by atoms with Gasteiger partial charge in [-0.05, 0) is 18.4 Å². The summed E-state index contributed by atoms with van der Waals surface area (Å²) in [7, 11) is 0. The summed E-state index contributed by atoms with van der Waals surface area (Å²) in [6.45, 7) is 4.31. The summed E-state index contributed by atoms with van der Waals surface area (Å²) in [5.41, 5.74) is 1.66. The number of fused-ring (bicyclic) bond motifs is 1. The summed E-state index contributed by atoms with van der Waals surface area (Å²) in [6, 6.07) is 7.73. The third kappa shape index (κ3) is 2.99. The Morgan fingerprint density at radius 2 is 2.17 bits per heavy atom. The Balaban J connectivity index is 2.00. The fourth-order valence-electron chi connectivity index (χ4n) is 2.63. The molecule has 0 bridgehead atoms. The Morgan fingerprint density at radius 3 is 2.91 bits per heavy atom. The smallest absolute Gasteiger partial charge is 0.358 e. The molecule has 0 saturated heterocycles. The van der Waals surface area contributed by atoms with Crippen molar-refractivity contribution in [3.05, 3.63) is 42.0 Å². The fraction of sp³-hybridized carbons (Fsp3) is 0.333. The highest BCUT2D eigenvalue weighted by Gasteiger charge is 2.23. The lowest BCUT2D eigenvalue weighted by Crippen LogP contribution is -2.00. The first kappa shape index (κ1) is 15.3. The maximum absolute atomic E-state index is 11.5. The Hall–Kier alpha value is -2.56. The molecule has 5 heteroatoms. The van der Waals surface area contributed by atoms with E-state index in [0.29, 0.717) is 24.0 Å². The van der Waals surface area contributed by atoms with Crippen LogP contribution in [0.25, 0.3) is 22.2 Å². The number of carbonyl (C=O) groups is 1. The van der Waals surface area contributed by atoms with E-state index in [-0.39, 0.29) is 5.69 Å². The Kier molecular flexibility index (Phi) is 4.19. The maximum Gasteiger partial charge on any atom is 0.358 e. The highest BCUT2D eigenvalue weighted by Crippen LogP contribution is 2.32. The normalized spacial score (nSPS) is 12.6. The van der Waals surface area contributed by atoms with Gasteiger partial charge in [-0.25, -0.2) is 9.78 Å². The maximum atomic E-state index is 11.5. The van der Waals surface area contributed by atoms with Gasteiger partial charge in [0.1, 0.15) is 0 Å². The highest BCUT2D eigenvalue weighted by molar-refractivity contribution is 6.00. The van der Waals surface area contributed by atoms with Gasteiger partial charge in [0.2, 0.25) is 0 Å². The molecule has 0 unspecified atom stereocenters. The van der Waals surface area contributed by atoms with Crippen LogP contribution in [-0.2, 0) is 6.42 Å². The number of hydrogen-bond acceptors (Lipinski definition) is 3. The fourth-order valence-corrected chi connectivity index (χ4v) is 2.63. The van der Waals surface area contributed by atoms with Crippen molar-refractivity contribution in [3.8, 4) is 11.3 Å². The molecule has 2 heterocycles. The Bertz CT molecular complexity index is 832. The Morgan fingerprint density at radius 1 is 1.39 bits per heavy atom. The first-order chi connectivity index (χ1) is 11.1. The molecule has 2 aromatic heterocycles. The number of carboxylic acid groups (broad SMARTS) is 1. The van der Waals surface area contributed by atoms with Gasteiger partial charge in [0.05, 0.1) is 0 Å². The molecule has 23 heavy (non-hydrogen) atoms. The number of benzene rings is 1. The van der Waals surface area contributed by atoms with Crippen LogP contribution in [-0.4, -0.2) is 21.0 Å². The minimum absolute atomic E-state index is 0.0195. The van der Waals surface area contributed by atoms with Crippen molar-refractivity contribution in [1.82, 2.24) is 9.97 Å². The lowest BCUT2D eigenvalue weighted by atomic mass is 10.0. The van der Waals surface area contributed by atoms with E-state index >= 15 is 0 Å². The van der Waals surface area contributed by atoms with Gasteiger partial charge in [0.25, 0.3) is 0 Å². The lowest BCUT2D eigenvalue weighted by molar-refractivity contribution is 0.0691. The van der Waals surface area contributed by atoms with E-state index in [2.05, 4.69) is 23.8 Å². The second-order valence-corrected chi connectivity index (χ2v) is 5.89. The first-order valence-electron chi connectivity index (χ1n) is 7.89. The second kappa shape index (κ2) is 6.28. The van der Waals surface area contributed by atoms with Crippen molar-refractivity contribution < 1.29 is 14.3 Å². The van der Waals surface area contributed by atoms with Gasteiger partial charge < -0.3 is 14.5 Å². The molecule has 0 aliphatic heterocycles. The quantitative estimate of drug-likeness (QED) is 0.702. The molecule has 0 saturated carbocycles. The van der Waals surface area contributed by atoms with Crippen LogP contribution < -0.4 is 0 Å². The first-order valence-corrected chi connectivity index (χ1v) is 7.89. The third-order valence-electron chi connectivity index (χ3n) is 4.26. The minimum Gasteiger partial charge on any atom is -0.476 e. The number of aromatic carboxylic acids is 1. The van der Waals surface area contributed by atoms with E-state index in [1.54, 1.807) is 6.20 Å². The van der Waals surface area contributed by atoms with E-state index in [9.17, 15) is 9.90 Å². The van der Waals surface area contributed by atoms with Gasteiger partial charge in [-0.3, -0.25) is 0 Å². The van der Waals surface area contributed by atoms with Gasteiger partial charge in [-0.2, -0.15) is 0 Å². The summed E-state index contributed by atoms with van der Waals surface area (Å²) >= 11 is 0. The van der Waals surface area contributed by atoms with Crippen molar-refractivity contribution >= 4 is 16.9 Å². The molecular weight excluding hydrogens is 292 g/mol. The molecule has 2 N–H and O–H groups in total. The van der Waals surface area contributed by atoms with Gasteiger partial charge in [-0.1, -0.05) is 38.5 Å². The SMILES string of the molecule is CC[C@H](C)CCc1nc(C(=O)O)c(-c2c[nH]c3ccccc23)o1. The number of rotatable bonds is 6. The van der Waals surface area contributed by atoms with Crippen LogP contribution in [0.2, 0.25) is 0 Å². The van der Waals surface area contributed by atoms with E-state index in [0.717, 1.165) is 29.3 Å². The van der Waals surface area contributed by atoms with Crippen molar-refractivity contribution in [1.29, 1.82) is 0 Å². The molecule has 0 fully saturated rings. The molecule has 3 rings (SSSR count). The molecule has 3 aromatic rings.